The molecule has 0 radical (unpaired) electrons. The van der Waals surface area contributed by atoms with E-state index in [1.54, 1.807) is 7.05 Å². The lowest BCUT2D eigenvalue weighted by Gasteiger charge is -2.04. The molecule has 0 saturated carbocycles. The Labute approximate surface area is 50.5 Å². The molecule has 0 unspecified atom stereocenters. The third-order valence-electron chi connectivity index (χ3n) is 0.759. The second-order valence-electron chi connectivity index (χ2n) is 1.52. The largest absolute Gasteiger partial charge is 0.480 e. The summed E-state index contributed by atoms with van der Waals surface area (Å²) in [5.41, 5.74) is 0. The van der Waals surface area contributed by atoms with Crippen LogP contribution in [0.15, 0.2) is 12.5 Å². The van der Waals surface area contributed by atoms with E-state index in [2.05, 4.69) is 18.8 Å². The molecule has 0 saturated heterocycles. The number of hydrogen-bond donors (Lipinski definition) is 1. The van der Waals surface area contributed by atoms with Crippen molar-refractivity contribution in [2.24, 2.45) is 0 Å². The van der Waals surface area contributed by atoms with Gasteiger partial charge in [0.15, 0.2) is 5.88 Å². The van der Waals surface area contributed by atoms with Crippen molar-refractivity contribution in [3.8, 4) is 0 Å². The Morgan fingerprint density at radius 3 is 2.75 bits per heavy atom. The zero-order valence-corrected chi connectivity index (χ0v) is 5.53. The predicted molar refractivity (Wildman–Crippen MR) is 34.4 cm³/mol. The molecule has 0 aliphatic carbocycles. The molecule has 0 aliphatic heterocycles. The van der Waals surface area contributed by atoms with E-state index < -0.39 is 0 Å². The Hall–Kier alpha value is -0.660. The summed E-state index contributed by atoms with van der Waals surface area (Å²) in [6.07, 6.45) is 1.03. The van der Waals surface area contributed by atoms with Crippen molar-refractivity contribution >= 4 is 0 Å². The van der Waals surface area contributed by atoms with Gasteiger partial charge < -0.3 is 10.1 Å². The molecule has 48 valence electrons. The molecule has 8 heavy (non-hydrogen) atoms. The van der Waals surface area contributed by atoms with Gasteiger partial charge in [0.25, 0.3) is 0 Å². The first-order valence-electron chi connectivity index (χ1n) is 2.80. The van der Waals surface area contributed by atoms with E-state index in [0.29, 0.717) is 5.88 Å². The summed E-state index contributed by atoms with van der Waals surface area (Å²) in [6.45, 7) is 6.39. The van der Waals surface area contributed by atoms with Gasteiger partial charge in [0.2, 0.25) is 0 Å². The van der Waals surface area contributed by atoms with Crippen LogP contribution in [0.3, 0.4) is 0 Å². The Bertz CT molecular complexity index is 70.9. The van der Waals surface area contributed by atoms with Gasteiger partial charge in [-0.15, -0.1) is 0 Å². The molecule has 0 heterocycles. The summed E-state index contributed by atoms with van der Waals surface area (Å²) >= 11 is 0. The van der Waals surface area contributed by atoms with Crippen molar-refractivity contribution in [2.75, 3.05) is 13.7 Å². The molecule has 0 amide bonds. The minimum absolute atomic E-state index is 0.645. The monoisotopic (exact) mass is 115 g/mol. The summed E-state index contributed by atoms with van der Waals surface area (Å²) < 4.78 is 5.03. The molecule has 0 aromatic heterocycles. The van der Waals surface area contributed by atoms with Gasteiger partial charge >= 0.3 is 0 Å². The molecule has 0 atom stereocenters. The summed E-state index contributed by atoms with van der Waals surface area (Å²) in [6, 6.07) is 0. The normalized spacial score (nSPS) is 8.25. The average Bonchev–Trinajstić information content (AvgIpc) is 1.83. The molecular formula is C6H13NO. The number of nitrogens with one attached hydrogen (secondary N) is 1. The predicted octanol–water partition coefficient (Wildman–Crippen LogP) is 1.10. The fraction of sp³-hybridized carbons (Fsp3) is 0.667. The number of hydrogen-bond acceptors (Lipinski definition) is 2. The third kappa shape index (κ3) is 3.53. The van der Waals surface area contributed by atoms with E-state index in [0.717, 1.165) is 13.0 Å². The van der Waals surface area contributed by atoms with Crippen LogP contribution >= 0.6 is 0 Å². The highest BCUT2D eigenvalue weighted by Crippen LogP contribution is 1.86. The summed E-state index contributed by atoms with van der Waals surface area (Å²) in [7, 11) is 1.79. The molecule has 0 spiro atoms. The maximum absolute atomic E-state index is 5.03. The quantitative estimate of drug-likeness (QED) is 0.554. The van der Waals surface area contributed by atoms with Crippen LogP contribution in [0.5, 0.6) is 0 Å². The summed E-state index contributed by atoms with van der Waals surface area (Å²) in [5, 5.41) is 2.78. The minimum Gasteiger partial charge on any atom is -0.480 e. The number of ether oxygens (including phenoxy) is 1. The van der Waals surface area contributed by atoms with Crippen LogP contribution in [0, 0.1) is 0 Å². The zero-order chi connectivity index (χ0) is 6.41. The topological polar surface area (TPSA) is 21.3 Å². The average molecular weight is 115 g/mol. The lowest BCUT2D eigenvalue weighted by atomic mass is 10.5. The molecule has 2 nitrogen and oxygen atoms in total. The van der Waals surface area contributed by atoms with Crippen LogP contribution < -0.4 is 5.32 Å². The van der Waals surface area contributed by atoms with Crippen LogP contribution in [0.4, 0.5) is 0 Å². The first-order chi connectivity index (χ1) is 3.81. The first kappa shape index (κ1) is 7.34. The van der Waals surface area contributed by atoms with E-state index in [9.17, 15) is 0 Å². The van der Waals surface area contributed by atoms with Crippen molar-refractivity contribution in [3.63, 3.8) is 0 Å². The zero-order valence-electron chi connectivity index (χ0n) is 5.53. The van der Waals surface area contributed by atoms with Crippen LogP contribution in [-0.4, -0.2) is 13.7 Å². The Kier molecular flexibility index (Phi) is 4.13. The Balaban J connectivity index is 2.99. The molecule has 0 bridgehead atoms. The lowest BCUT2D eigenvalue weighted by Crippen LogP contribution is -2.07. The Morgan fingerprint density at radius 2 is 2.38 bits per heavy atom. The van der Waals surface area contributed by atoms with Gasteiger partial charge in [-0.1, -0.05) is 6.92 Å². The van der Waals surface area contributed by atoms with Crippen molar-refractivity contribution in [1.29, 1.82) is 0 Å². The van der Waals surface area contributed by atoms with Crippen molar-refractivity contribution in [1.82, 2.24) is 5.32 Å². The van der Waals surface area contributed by atoms with Crippen LogP contribution in [0.1, 0.15) is 13.3 Å². The van der Waals surface area contributed by atoms with E-state index in [-0.39, 0.29) is 0 Å². The molecule has 1 N–H and O–H groups in total. The van der Waals surface area contributed by atoms with E-state index >= 15 is 0 Å². The van der Waals surface area contributed by atoms with E-state index in [1.165, 1.54) is 0 Å². The summed E-state index contributed by atoms with van der Waals surface area (Å²) in [4.78, 5) is 0. The highest BCUT2D eigenvalue weighted by atomic mass is 16.5. The fourth-order valence-electron chi connectivity index (χ4n) is 0.297. The van der Waals surface area contributed by atoms with Crippen LogP contribution in [0.2, 0.25) is 0 Å². The van der Waals surface area contributed by atoms with E-state index in [1.807, 2.05) is 0 Å². The molecule has 2 heteroatoms. The molecule has 0 aliphatic rings. The lowest BCUT2D eigenvalue weighted by molar-refractivity contribution is 0.197. The summed E-state index contributed by atoms with van der Waals surface area (Å²) in [5.74, 6) is 0.645. The maximum Gasteiger partial charge on any atom is 0.178 e. The van der Waals surface area contributed by atoms with Gasteiger partial charge in [-0.25, -0.2) is 0 Å². The van der Waals surface area contributed by atoms with Gasteiger partial charge in [0.05, 0.1) is 6.61 Å². The smallest absolute Gasteiger partial charge is 0.178 e. The van der Waals surface area contributed by atoms with Gasteiger partial charge in [-0.05, 0) is 13.0 Å². The second-order valence-corrected chi connectivity index (χ2v) is 1.52. The molecule has 0 aromatic carbocycles. The van der Waals surface area contributed by atoms with Gasteiger partial charge in [0.1, 0.15) is 0 Å². The van der Waals surface area contributed by atoms with Crippen LogP contribution in [0.25, 0.3) is 0 Å². The maximum atomic E-state index is 5.03. The molecule has 0 rings (SSSR count). The molecule has 0 aromatic rings. The standard InChI is InChI=1S/C6H13NO/c1-4-5-8-6(2)7-3/h7H,2,4-5H2,1,3H3. The fourth-order valence-corrected chi connectivity index (χ4v) is 0.297. The highest BCUT2D eigenvalue weighted by molar-refractivity contribution is 4.74. The molecular weight excluding hydrogens is 102 g/mol. The highest BCUT2D eigenvalue weighted by Gasteiger charge is 1.83. The Morgan fingerprint density at radius 1 is 1.75 bits per heavy atom. The van der Waals surface area contributed by atoms with Crippen molar-refractivity contribution in [3.05, 3.63) is 12.5 Å². The van der Waals surface area contributed by atoms with Crippen molar-refractivity contribution in [2.45, 2.75) is 13.3 Å². The third-order valence-corrected chi connectivity index (χ3v) is 0.759. The minimum atomic E-state index is 0.645. The van der Waals surface area contributed by atoms with Crippen LogP contribution in [-0.2, 0) is 4.74 Å². The van der Waals surface area contributed by atoms with Crippen molar-refractivity contribution < 1.29 is 4.74 Å². The van der Waals surface area contributed by atoms with Gasteiger partial charge in [-0.3, -0.25) is 0 Å². The van der Waals surface area contributed by atoms with E-state index in [4.69, 9.17) is 4.74 Å². The molecule has 0 fully saturated rings. The van der Waals surface area contributed by atoms with Gasteiger partial charge in [-0.2, -0.15) is 0 Å². The van der Waals surface area contributed by atoms with Gasteiger partial charge in [0, 0.05) is 7.05 Å². The first-order valence-corrected chi connectivity index (χ1v) is 2.80. The SMILES string of the molecule is C=C(NC)OCCC. The number of rotatable bonds is 4. The second kappa shape index (κ2) is 4.50.